The normalized spacial score (nSPS) is 13.2. The topological polar surface area (TPSA) is 96.6 Å². The van der Waals surface area contributed by atoms with Crippen molar-refractivity contribution in [1.29, 1.82) is 0 Å². The predicted octanol–water partition coefficient (Wildman–Crippen LogP) is 5.35. The van der Waals surface area contributed by atoms with Gasteiger partial charge in [-0.1, -0.05) is 66.7 Å². The average Bonchev–Trinajstić information content (AvgIpc) is 3.69. The highest BCUT2D eigenvalue weighted by atomic mass is 35.5. The third-order valence-corrected chi connectivity index (χ3v) is 7.57. The number of tetrazole rings is 1. The minimum Gasteiger partial charge on any atom is -0.494 e. The van der Waals surface area contributed by atoms with Gasteiger partial charge in [-0.25, -0.2) is 0 Å². The largest absolute Gasteiger partial charge is 0.494 e. The first-order valence-corrected chi connectivity index (χ1v) is 14.9. The first-order chi connectivity index (χ1) is 20.6. The summed E-state index contributed by atoms with van der Waals surface area (Å²) >= 11 is 0. The number of carboxylic acid groups (broad SMARTS) is 1. The Balaban J connectivity index is 0.00000423. The zero-order chi connectivity index (χ0) is 29.0. The van der Waals surface area contributed by atoms with Crippen LogP contribution in [0.25, 0.3) is 11.4 Å². The molecule has 0 saturated carbocycles. The van der Waals surface area contributed by atoms with Gasteiger partial charge in [-0.2, -0.15) is 4.80 Å². The SMILES string of the molecule is Cl.O=C(O)Cn1nnc(-c2ccc(CN(CCCCOc3ccc(CN4CCCC4)cc3)CCc3ccccc3)cc2)n1. The standard InChI is InChI=1S/C33H40N6O3.ClH/c40-32(41)26-39-35-33(34-36-39)30-14-10-28(11-15-30)25-38(22-18-27-8-2-1-3-9-27)21-6-7-23-42-31-16-12-29(13-17-31)24-37-19-4-5-20-37;/h1-3,8-17H,4-7,18-26H2,(H,40,41);1H. The van der Waals surface area contributed by atoms with Gasteiger partial charge in [-0.15, -0.1) is 22.6 Å². The van der Waals surface area contributed by atoms with E-state index in [1.807, 2.05) is 12.1 Å². The van der Waals surface area contributed by atoms with E-state index in [4.69, 9.17) is 9.84 Å². The van der Waals surface area contributed by atoms with E-state index in [9.17, 15) is 4.79 Å². The zero-order valence-electron chi connectivity index (χ0n) is 24.6. The molecule has 1 saturated heterocycles. The van der Waals surface area contributed by atoms with Crippen molar-refractivity contribution in [2.75, 3.05) is 32.8 Å². The van der Waals surface area contributed by atoms with Crippen LogP contribution in [0.2, 0.25) is 0 Å². The summed E-state index contributed by atoms with van der Waals surface area (Å²) in [4.78, 5) is 17.0. The second-order valence-corrected chi connectivity index (χ2v) is 10.9. The van der Waals surface area contributed by atoms with Gasteiger partial charge in [0.1, 0.15) is 5.75 Å². The van der Waals surface area contributed by atoms with Crippen molar-refractivity contribution in [3.8, 4) is 17.1 Å². The molecule has 3 aromatic carbocycles. The molecule has 1 fully saturated rings. The number of hydrogen-bond acceptors (Lipinski definition) is 7. The van der Waals surface area contributed by atoms with Crippen LogP contribution in [0.5, 0.6) is 5.75 Å². The molecule has 0 atom stereocenters. The lowest BCUT2D eigenvalue weighted by molar-refractivity contribution is -0.138. The number of carbonyl (C=O) groups is 1. The smallest absolute Gasteiger partial charge is 0.327 e. The maximum Gasteiger partial charge on any atom is 0.327 e. The van der Waals surface area contributed by atoms with E-state index in [1.165, 1.54) is 42.6 Å². The van der Waals surface area contributed by atoms with Crippen LogP contribution in [-0.4, -0.2) is 73.9 Å². The van der Waals surface area contributed by atoms with Crippen molar-refractivity contribution in [3.05, 3.63) is 95.6 Å². The Morgan fingerprint density at radius 3 is 2.30 bits per heavy atom. The van der Waals surface area contributed by atoms with Crippen LogP contribution in [0.1, 0.15) is 42.4 Å². The number of nitrogens with zero attached hydrogens (tertiary/aromatic N) is 6. The second-order valence-electron chi connectivity index (χ2n) is 10.9. The fraction of sp³-hybridized carbons (Fsp3) is 0.394. The third kappa shape index (κ3) is 10.5. The Hall–Kier alpha value is -3.79. The number of carboxylic acids is 1. The van der Waals surface area contributed by atoms with Crippen molar-refractivity contribution >= 4 is 18.4 Å². The van der Waals surface area contributed by atoms with Crippen LogP contribution >= 0.6 is 12.4 Å². The van der Waals surface area contributed by atoms with Crippen molar-refractivity contribution < 1.29 is 14.6 Å². The molecule has 1 aliphatic heterocycles. The second kappa shape index (κ2) is 16.7. The summed E-state index contributed by atoms with van der Waals surface area (Å²) in [5.74, 6) is 0.363. The molecule has 0 spiro atoms. The lowest BCUT2D eigenvalue weighted by atomic mass is 10.1. The van der Waals surface area contributed by atoms with Crippen LogP contribution in [0.3, 0.4) is 0 Å². The van der Waals surface area contributed by atoms with Crippen LogP contribution in [0.15, 0.2) is 78.9 Å². The molecule has 0 unspecified atom stereocenters. The van der Waals surface area contributed by atoms with Gasteiger partial charge in [0.05, 0.1) is 6.61 Å². The quantitative estimate of drug-likeness (QED) is 0.171. The molecule has 5 rings (SSSR count). The molecule has 43 heavy (non-hydrogen) atoms. The van der Waals surface area contributed by atoms with E-state index in [1.54, 1.807) is 0 Å². The van der Waals surface area contributed by atoms with Gasteiger partial charge >= 0.3 is 5.97 Å². The minimum atomic E-state index is -1.00. The van der Waals surface area contributed by atoms with E-state index >= 15 is 0 Å². The summed E-state index contributed by atoms with van der Waals surface area (Å²) in [6.07, 6.45) is 5.68. The molecule has 1 aliphatic rings. The molecule has 0 aliphatic carbocycles. The number of rotatable bonds is 16. The summed E-state index contributed by atoms with van der Waals surface area (Å²) < 4.78 is 6.06. The summed E-state index contributed by atoms with van der Waals surface area (Å²) in [5.41, 5.74) is 4.71. The number of aromatic nitrogens is 4. The maximum absolute atomic E-state index is 10.9. The Bertz CT molecular complexity index is 1380. The Morgan fingerprint density at radius 1 is 0.860 bits per heavy atom. The number of aliphatic carboxylic acids is 1. The number of hydrogen-bond donors (Lipinski definition) is 1. The first-order valence-electron chi connectivity index (χ1n) is 14.9. The van der Waals surface area contributed by atoms with Gasteiger partial charge in [0.2, 0.25) is 5.82 Å². The molecular weight excluding hydrogens is 564 g/mol. The molecule has 1 aromatic heterocycles. The third-order valence-electron chi connectivity index (χ3n) is 7.57. The van der Waals surface area contributed by atoms with E-state index in [-0.39, 0.29) is 19.0 Å². The molecule has 0 radical (unpaired) electrons. The number of unbranched alkanes of at least 4 members (excludes halogenated alkanes) is 1. The van der Waals surface area contributed by atoms with E-state index in [2.05, 4.69) is 91.9 Å². The van der Waals surface area contributed by atoms with E-state index < -0.39 is 5.97 Å². The highest BCUT2D eigenvalue weighted by molar-refractivity contribution is 5.85. The van der Waals surface area contributed by atoms with Gasteiger partial charge in [-0.05, 0) is 85.8 Å². The maximum atomic E-state index is 10.9. The minimum absolute atomic E-state index is 0. The van der Waals surface area contributed by atoms with Gasteiger partial charge in [-0.3, -0.25) is 14.6 Å². The molecule has 0 amide bonds. The van der Waals surface area contributed by atoms with Gasteiger partial charge < -0.3 is 9.84 Å². The van der Waals surface area contributed by atoms with Gasteiger partial charge in [0.15, 0.2) is 6.54 Å². The Kier molecular flexibility index (Phi) is 12.5. The molecule has 0 bridgehead atoms. The summed E-state index contributed by atoms with van der Waals surface area (Å²) in [5, 5.41) is 20.9. The van der Waals surface area contributed by atoms with E-state index in [0.29, 0.717) is 12.4 Å². The predicted molar refractivity (Wildman–Crippen MR) is 169 cm³/mol. The van der Waals surface area contributed by atoms with Crippen molar-refractivity contribution in [3.63, 3.8) is 0 Å². The molecule has 9 nitrogen and oxygen atoms in total. The summed E-state index contributed by atoms with van der Waals surface area (Å²) in [7, 11) is 0. The average molecular weight is 605 g/mol. The van der Waals surface area contributed by atoms with Crippen molar-refractivity contribution in [1.82, 2.24) is 30.0 Å². The Morgan fingerprint density at radius 2 is 1.58 bits per heavy atom. The number of benzene rings is 3. The van der Waals surface area contributed by atoms with Gasteiger partial charge in [0, 0.05) is 25.2 Å². The fourth-order valence-electron chi connectivity index (χ4n) is 5.28. The lowest BCUT2D eigenvalue weighted by Crippen LogP contribution is -2.27. The first kappa shape index (κ1) is 32.1. The van der Waals surface area contributed by atoms with Gasteiger partial charge in [0.25, 0.3) is 0 Å². The highest BCUT2D eigenvalue weighted by Crippen LogP contribution is 2.18. The van der Waals surface area contributed by atoms with Crippen molar-refractivity contribution in [2.45, 2.75) is 51.7 Å². The molecular formula is C33H41ClN6O3. The molecule has 2 heterocycles. The zero-order valence-corrected chi connectivity index (χ0v) is 25.4. The molecule has 228 valence electrons. The lowest BCUT2D eigenvalue weighted by Gasteiger charge is -2.23. The number of likely N-dealkylation sites (tertiary alicyclic amines) is 1. The Labute approximate surface area is 259 Å². The molecule has 1 N–H and O–H groups in total. The van der Waals surface area contributed by atoms with Crippen LogP contribution in [0.4, 0.5) is 0 Å². The number of ether oxygens (including phenoxy) is 1. The molecule has 10 heteroatoms. The van der Waals surface area contributed by atoms with Crippen LogP contribution < -0.4 is 4.74 Å². The van der Waals surface area contributed by atoms with E-state index in [0.717, 1.165) is 61.6 Å². The highest BCUT2D eigenvalue weighted by Gasteiger charge is 2.12. The van der Waals surface area contributed by atoms with Crippen LogP contribution in [0, 0.1) is 0 Å². The monoisotopic (exact) mass is 604 g/mol. The van der Waals surface area contributed by atoms with Crippen molar-refractivity contribution in [2.24, 2.45) is 0 Å². The number of halogens is 1. The summed E-state index contributed by atoms with van der Waals surface area (Å²) in [6.45, 7) is 6.65. The fourth-order valence-corrected chi connectivity index (χ4v) is 5.28. The van der Waals surface area contributed by atoms with Crippen LogP contribution in [-0.2, 0) is 30.8 Å². The summed E-state index contributed by atoms with van der Waals surface area (Å²) in [6, 6.07) is 27.3. The molecule has 4 aromatic rings.